The molecule has 1 aromatic carbocycles. The highest BCUT2D eigenvalue weighted by Crippen LogP contribution is 2.36. The van der Waals surface area contributed by atoms with Gasteiger partial charge in [-0.2, -0.15) is 0 Å². The molecule has 0 unspecified atom stereocenters. The minimum Gasteiger partial charge on any atom is -0.485 e. The summed E-state index contributed by atoms with van der Waals surface area (Å²) in [7, 11) is 0. The number of esters is 1. The summed E-state index contributed by atoms with van der Waals surface area (Å²) in [5.74, 6) is -0.00463. The van der Waals surface area contributed by atoms with E-state index in [9.17, 15) is 9.59 Å². The van der Waals surface area contributed by atoms with Gasteiger partial charge < -0.3 is 9.47 Å². The second kappa shape index (κ2) is 4.10. The highest BCUT2D eigenvalue weighted by atomic mass is 35.5. The van der Waals surface area contributed by atoms with Crippen LogP contribution in [0.1, 0.15) is 23.7 Å². The molecule has 0 bridgehead atoms. The number of carbonyl (C=O) groups excluding carboxylic acids is 2. The third-order valence-corrected chi connectivity index (χ3v) is 3.63. The van der Waals surface area contributed by atoms with Crippen molar-refractivity contribution in [3.05, 3.63) is 40.9 Å². The molecule has 19 heavy (non-hydrogen) atoms. The summed E-state index contributed by atoms with van der Waals surface area (Å²) >= 11 is 5.86. The number of ketones is 1. The zero-order chi connectivity index (χ0) is 13.6. The van der Waals surface area contributed by atoms with Crippen LogP contribution in [0.15, 0.2) is 30.4 Å². The van der Waals surface area contributed by atoms with E-state index in [1.807, 2.05) is 0 Å². The van der Waals surface area contributed by atoms with Crippen LogP contribution in [-0.4, -0.2) is 23.5 Å². The molecule has 0 N–H and O–H groups in total. The molecule has 4 nitrogen and oxygen atoms in total. The maximum Gasteiger partial charge on any atom is 0.331 e. The Hall–Kier alpha value is -1.81. The first-order valence-electron chi connectivity index (χ1n) is 5.89. The van der Waals surface area contributed by atoms with E-state index in [0.717, 1.165) is 0 Å². The third kappa shape index (κ3) is 2.02. The molecule has 0 spiro atoms. The summed E-state index contributed by atoms with van der Waals surface area (Å²) in [6, 6.07) is 4.91. The molecule has 0 aromatic heterocycles. The lowest BCUT2D eigenvalue weighted by atomic mass is 9.90. The Kier molecular flexibility index (Phi) is 2.64. The van der Waals surface area contributed by atoms with Crippen molar-refractivity contribution in [2.24, 2.45) is 0 Å². The van der Waals surface area contributed by atoms with Gasteiger partial charge in [0.1, 0.15) is 11.9 Å². The second-order valence-corrected chi connectivity index (χ2v) is 5.25. The molecule has 2 aliphatic rings. The first kappa shape index (κ1) is 12.2. The van der Waals surface area contributed by atoms with E-state index in [2.05, 4.69) is 0 Å². The van der Waals surface area contributed by atoms with Crippen molar-refractivity contribution < 1.29 is 19.1 Å². The average molecular weight is 279 g/mol. The van der Waals surface area contributed by atoms with E-state index in [4.69, 9.17) is 21.1 Å². The lowest BCUT2D eigenvalue weighted by molar-refractivity contribution is -0.151. The smallest absolute Gasteiger partial charge is 0.331 e. The zero-order valence-electron chi connectivity index (χ0n) is 10.2. The van der Waals surface area contributed by atoms with E-state index >= 15 is 0 Å². The number of ether oxygens (including phenoxy) is 2. The highest BCUT2D eigenvalue weighted by molar-refractivity contribution is 6.31. The second-order valence-electron chi connectivity index (χ2n) is 4.81. The maximum atomic E-state index is 12.1. The number of hydrogen-bond acceptors (Lipinski definition) is 4. The number of benzene rings is 1. The van der Waals surface area contributed by atoms with Crippen LogP contribution in [0.25, 0.3) is 0 Å². The quantitative estimate of drug-likeness (QED) is 0.741. The van der Waals surface area contributed by atoms with Crippen LogP contribution in [0.3, 0.4) is 0 Å². The number of carbonyl (C=O) groups is 2. The predicted octanol–water partition coefficient (Wildman–Crippen LogP) is 2.55. The monoisotopic (exact) mass is 278 g/mol. The molecular weight excluding hydrogens is 268 g/mol. The van der Waals surface area contributed by atoms with Gasteiger partial charge in [-0.1, -0.05) is 11.6 Å². The fourth-order valence-electron chi connectivity index (χ4n) is 2.31. The summed E-state index contributed by atoms with van der Waals surface area (Å²) in [6.45, 7) is 1.73. The van der Waals surface area contributed by atoms with Gasteiger partial charge in [0.05, 0.1) is 12.0 Å². The number of cyclic esters (lactones) is 1. The zero-order valence-corrected chi connectivity index (χ0v) is 10.9. The number of Topliss-reactive ketones (excluding diaryl/α,β-unsaturated/α-hetero) is 1. The summed E-state index contributed by atoms with van der Waals surface area (Å²) < 4.78 is 11.0. The normalized spacial score (nSPS) is 28.8. The Bertz CT molecular complexity index is 607. The number of fused-ring (bicyclic) bond motifs is 1. The maximum absolute atomic E-state index is 12.1. The molecule has 98 valence electrons. The van der Waals surface area contributed by atoms with E-state index in [1.54, 1.807) is 31.2 Å². The number of halogens is 1. The predicted molar refractivity (Wildman–Crippen MR) is 68.5 cm³/mol. The molecule has 0 saturated carbocycles. The van der Waals surface area contributed by atoms with Gasteiger partial charge in [-0.15, -0.1) is 0 Å². The Labute approximate surface area is 115 Å². The van der Waals surface area contributed by atoms with Gasteiger partial charge in [0, 0.05) is 11.1 Å². The van der Waals surface area contributed by atoms with E-state index < -0.39 is 17.7 Å². The number of rotatable bonds is 1. The van der Waals surface area contributed by atoms with Crippen molar-refractivity contribution in [2.45, 2.75) is 25.0 Å². The van der Waals surface area contributed by atoms with Crippen LogP contribution >= 0.6 is 11.6 Å². The molecule has 3 rings (SSSR count). The third-order valence-electron chi connectivity index (χ3n) is 3.39. The fraction of sp³-hybridized carbons (Fsp3) is 0.286. The van der Waals surface area contributed by atoms with Gasteiger partial charge >= 0.3 is 5.97 Å². The van der Waals surface area contributed by atoms with Crippen molar-refractivity contribution in [2.75, 3.05) is 0 Å². The largest absolute Gasteiger partial charge is 0.485 e. The lowest BCUT2D eigenvalue weighted by Gasteiger charge is -2.34. The first-order valence-corrected chi connectivity index (χ1v) is 6.27. The van der Waals surface area contributed by atoms with Crippen LogP contribution in [0.2, 0.25) is 5.02 Å². The molecule has 0 saturated heterocycles. The minimum atomic E-state index is -0.899. The van der Waals surface area contributed by atoms with Gasteiger partial charge in [0.15, 0.2) is 11.4 Å². The van der Waals surface area contributed by atoms with Gasteiger partial charge in [0.25, 0.3) is 0 Å². The fourth-order valence-corrected chi connectivity index (χ4v) is 2.48. The van der Waals surface area contributed by atoms with E-state index in [-0.39, 0.29) is 12.2 Å². The van der Waals surface area contributed by atoms with Gasteiger partial charge in [-0.25, -0.2) is 4.79 Å². The van der Waals surface area contributed by atoms with Gasteiger partial charge in [-0.05, 0) is 31.2 Å². The topological polar surface area (TPSA) is 52.6 Å². The molecule has 2 heterocycles. The number of hydrogen-bond donors (Lipinski definition) is 0. The van der Waals surface area contributed by atoms with Crippen LogP contribution in [0.5, 0.6) is 5.75 Å². The van der Waals surface area contributed by atoms with E-state index in [0.29, 0.717) is 16.3 Å². The van der Waals surface area contributed by atoms with Crippen molar-refractivity contribution in [1.29, 1.82) is 0 Å². The Morgan fingerprint density at radius 1 is 1.37 bits per heavy atom. The van der Waals surface area contributed by atoms with Crippen molar-refractivity contribution in [3.63, 3.8) is 0 Å². The molecular formula is C14H11ClO4. The average Bonchev–Trinajstić information content (AvgIpc) is 2.71. The Balaban J connectivity index is 1.94. The molecule has 1 aromatic rings. The van der Waals surface area contributed by atoms with Crippen molar-refractivity contribution >= 4 is 23.4 Å². The van der Waals surface area contributed by atoms with Gasteiger partial charge in [0.2, 0.25) is 0 Å². The lowest BCUT2D eigenvalue weighted by Crippen LogP contribution is -2.46. The molecule has 2 atom stereocenters. The van der Waals surface area contributed by atoms with E-state index in [1.165, 1.54) is 6.08 Å². The Morgan fingerprint density at radius 3 is 2.84 bits per heavy atom. The van der Waals surface area contributed by atoms with Crippen LogP contribution < -0.4 is 4.74 Å². The van der Waals surface area contributed by atoms with Crippen LogP contribution in [0, 0.1) is 0 Å². The van der Waals surface area contributed by atoms with Gasteiger partial charge in [-0.3, -0.25) is 4.79 Å². The molecule has 0 radical (unpaired) electrons. The molecule has 0 fully saturated rings. The molecule has 2 aliphatic heterocycles. The first-order chi connectivity index (χ1) is 8.98. The van der Waals surface area contributed by atoms with Crippen molar-refractivity contribution in [3.8, 4) is 5.75 Å². The van der Waals surface area contributed by atoms with Crippen LogP contribution in [-0.2, 0) is 9.53 Å². The molecule has 0 aliphatic carbocycles. The summed E-state index contributed by atoms with van der Waals surface area (Å²) in [5, 5.41) is 0.493. The Morgan fingerprint density at radius 2 is 2.16 bits per heavy atom. The van der Waals surface area contributed by atoms with Crippen molar-refractivity contribution in [1.82, 2.24) is 0 Å². The standard InChI is InChI=1S/C14H11ClO4/c1-14(5-4-13(17)19-14)12-7-10(16)9-6-8(15)2-3-11(9)18-12/h2-6,12H,7H2,1H3/t12-,14+/m0/s1. The summed E-state index contributed by atoms with van der Waals surface area (Å²) in [4.78, 5) is 23.3. The molecule has 5 heteroatoms. The molecule has 0 amide bonds. The minimum absolute atomic E-state index is 0.0636. The summed E-state index contributed by atoms with van der Waals surface area (Å²) in [5.41, 5.74) is -0.426. The summed E-state index contributed by atoms with van der Waals surface area (Å²) in [6.07, 6.45) is 2.62. The highest BCUT2D eigenvalue weighted by Gasteiger charge is 2.44. The SMILES string of the molecule is C[C@]1([C@@H]2CC(=O)c3cc(Cl)ccc3O2)C=CC(=O)O1. The van der Waals surface area contributed by atoms with Crippen LogP contribution in [0.4, 0.5) is 0 Å².